The molecule has 0 saturated heterocycles. The molecular formula is C25H19F3N8. The van der Waals surface area contributed by atoms with Crippen molar-refractivity contribution in [1.29, 1.82) is 5.41 Å². The first-order valence-electron chi connectivity index (χ1n) is 10.8. The van der Waals surface area contributed by atoms with Gasteiger partial charge < -0.3 is 11.1 Å². The van der Waals surface area contributed by atoms with E-state index in [9.17, 15) is 8.78 Å². The maximum atomic E-state index is 15.2. The molecule has 3 aromatic heterocycles. The molecule has 4 N–H and O–H groups in total. The molecule has 180 valence electrons. The number of fused-ring (bicyclic) bond motifs is 2. The monoisotopic (exact) mass is 488 g/mol. The van der Waals surface area contributed by atoms with Gasteiger partial charge in [0.2, 0.25) is 0 Å². The van der Waals surface area contributed by atoms with Gasteiger partial charge in [-0.3, -0.25) is 15.0 Å². The lowest BCUT2D eigenvalue weighted by Crippen LogP contribution is -2.14. The fourth-order valence-corrected chi connectivity index (χ4v) is 4.29. The highest BCUT2D eigenvalue weighted by molar-refractivity contribution is 6.11. The lowest BCUT2D eigenvalue weighted by molar-refractivity contribution is 0.615. The standard InChI is InChI=1S/C25H19F3N8/c1-12-35-22-15(24(30)34-11-29)9-13(14-5-7-33-25(31-2)21(14)28)10-19(22)36(12)18-6-8-32-23-17(27)4-3-16(26)20(18)23/h3-11H,1-2H3,(H,31,33)(H3,29,30,34). The molecule has 0 aliphatic carbocycles. The van der Waals surface area contributed by atoms with Crippen LogP contribution in [-0.2, 0) is 0 Å². The van der Waals surface area contributed by atoms with E-state index in [0.29, 0.717) is 33.7 Å². The lowest BCUT2D eigenvalue weighted by Gasteiger charge is -2.14. The fraction of sp³-hybridized carbons (Fsp3) is 0.0800. The van der Waals surface area contributed by atoms with Gasteiger partial charge in [0.25, 0.3) is 0 Å². The molecule has 11 heteroatoms. The Morgan fingerprint density at radius 1 is 1.06 bits per heavy atom. The van der Waals surface area contributed by atoms with E-state index in [-0.39, 0.29) is 28.1 Å². The average Bonchev–Trinajstić information content (AvgIpc) is 3.21. The smallest absolute Gasteiger partial charge is 0.173 e. The Labute approximate surface area is 202 Å². The molecule has 0 unspecified atom stereocenters. The molecule has 0 atom stereocenters. The van der Waals surface area contributed by atoms with Crippen LogP contribution in [-0.4, -0.2) is 38.7 Å². The first-order valence-corrected chi connectivity index (χ1v) is 10.8. The number of nitrogens with two attached hydrogens (primary N) is 1. The molecule has 5 rings (SSSR count). The van der Waals surface area contributed by atoms with Crippen molar-refractivity contribution >= 4 is 39.9 Å². The van der Waals surface area contributed by atoms with Gasteiger partial charge >= 0.3 is 0 Å². The molecule has 0 saturated carbocycles. The van der Waals surface area contributed by atoms with Crippen molar-refractivity contribution in [3.05, 3.63) is 77.6 Å². The number of imidazole rings is 1. The van der Waals surface area contributed by atoms with Crippen molar-refractivity contribution in [1.82, 2.24) is 19.5 Å². The Kier molecular flexibility index (Phi) is 5.59. The Balaban J connectivity index is 1.91. The van der Waals surface area contributed by atoms with Gasteiger partial charge in [-0.15, -0.1) is 0 Å². The maximum Gasteiger partial charge on any atom is 0.173 e. The van der Waals surface area contributed by atoms with Crippen LogP contribution >= 0.6 is 0 Å². The Morgan fingerprint density at radius 3 is 2.56 bits per heavy atom. The number of pyridine rings is 2. The molecular weight excluding hydrogens is 469 g/mol. The van der Waals surface area contributed by atoms with E-state index in [0.717, 1.165) is 18.5 Å². The van der Waals surface area contributed by atoms with Crippen LogP contribution < -0.4 is 11.1 Å². The fourth-order valence-electron chi connectivity index (χ4n) is 4.29. The Morgan fingerprint density at radius 2 is 1.81 bits per heavy atom. The van der Waals surface area contributed by atoms with Crippen molar-refractivity contribution < 1.29 is 13.2 Å². The SMILES string of the molecule is CNc1nccc(-c2cc(C(N)=NC=N)c3nc(C)n(-c4ccnc5c(F)ccc(F)c45)c3c2)c1F. The number of hydrogen-bond acceptors (Lipinski definition) is 5. The minimum atomic E-state index is -0.669. The minimum absolute atomic E-state index is 0.0124. The highest BCUT2D eigenvalue weighted by Crippen LogP contribution is 2.35. The summed E-state index contributed by atoms with van der Waals surface area (Å²) in [5, 5.41) is 10.0. The van der Waals surface area contributed by atoms with Gasteiger partial charge in [-0.2, -0.15) is 0 Å². The number of aromatic nitrogens is 4. The van der Waals surface area contributed by atoms with Crippen LogP contribution in [0.15, 0.2) is 53.8 Å². The zero-order chi connectivity index (χ0) is 25.6. The second-order valence-corrected chi connectivity index (χ2v) is 7.88. The van der Waals surface area contributed by atoms with Crippen LogP contribution in [0.2, 0.25) is 0 Å². The summed E-state index contributed by atoms with van der Waals surface area (Å²) in [6, 6.07) is 8.40. The number of amidine groups is 1. The second kappa shape index (κ2) is 8.77. The highest BCUT2D eigenvalue weighted by atomic mass is 19.1. The minimum Gasteiger partial charge on any atom is -0.383 e. The summed E-state index contributed by atoms with van der Waals surface area (Å²) >= 11 is 0. The first-order chi connectivity index (χ1) is 17.3. The van der Waals surface area contributed by atoms with Gasteiger partial charge in [0.1, 0.15) is 40.7 Å². The number of aryl methyl sites for hydroxylation is 1. The molecule has 0 aliphatic rings. The summed E-state index contributed by atoms with van der Waals surface area (Å²) in [7, 11) is 1.55. The van der Waals surface area contributed by atoms with Crippen LogP contribution in [0.4, 0.5) is 19.0 Å². The molecule has 0 fully saturated rings. The van der Waals surface area contributed by atoms with Gasteiger partial charge in [0.15, 0.2) is 11.6 Å². The molecule has 8 nitrogen and oxygen atoms in total. The van der Waals surface area contributed by atoms with E-state index in [1.807, 2.05) is 0 Å². The Bertz CT molecular complexity index is 1710. The molecule has 3 heterocycles. The molecule has 5 aromatic rings. The number of halogens is 3. The lowest BCUT2D eigenvalue weighted by atomic mass is 10.0. The maximum absolute atomic E-state index is 15.2. The molecule has 0 radical (unpaired) electrons. The second-order valence-electron chi connectivity index (χ2n) is 7.88. The summed E-state index contributed by atoms with van der Waals surface area (Å²) in [4.78, 5) is 16.5. The van der Waals surface area contributed by atoms with Crippen molar-refractivity contribution in [2.45, 2.75) is 6.92 Å². The summed E-state index contributed by atoms with van der Waals surface area (Å²) in [5.74, 6) is -1.43. The largest absolute Gasteiger partial charge is 0.383 e. The van der Waals surface area contributed by atoms with E-state index in [2.05, 4.69) is 25.3 Å². The quantitative estimate of drug-likeness (QED) is 0.245. The topological polar surface area (TPSA) is 118 Å². The third-order valence-electron chi connectivity index (χ3n) is 5.86. The predicted octanol–water partition coefficient (Wildman–Crippen LogP) is 4.72. The van der Waals surface area contributed by atoms with Crippen molar-refractivity contribution in [2.75, 3.05) is 12.4 Å². The molecule has 0 bridgehead atoms. The van der Waals surface area contributed by atoms with Crippen LogP contribution in [0.3, 0.4) is 0 Å². The van der Waals surface area contributed by atoms with E-state index in [1.165, 1.54) is 18.5 Å². The predicted molar refractivity (Wildman–Crippen MR) is 133 cm³/mol. The summed E-state index contributed by atoms with van der Waals surface area (Å²) < 4.78 is 46.3. The average molecular weight is 488 g/mol. The first kappa shape index (κ1) is 23.0. The van der Waals surface area contributed by atoms with Crippen LogP contribution in [0.1, 0.15) is 11.4 Å². The van der Waals surface area contributed by atoms with Gasteiger partial charge in [0.05, 0.1) is 16.6 Å². The van der Waals surface area contributed by atoms with Crippen molar-refractivity contribution in [3.63, 3.8) is 0 Å². The Hall–Kier alpha value is -4.80. The van der Waals surface area contributed by atoms with Crippen molar-refractivity contribution in [3.8, 4) is 16.8 Å². The van der Waals surface area contributed by atoms with E-state index in [4.69, 9.17) is 11.1 Å². The van der Waals surface area contributed by atoms with E-state index in [1.54, 1.807) is 36.7 Å². The zero-order valence-corrected chi connectivity index (χ0v) is 19.1. The van der Waals surface area contributed by atoms with Crippen molar-refractivity contribution in [2.24, 2.45) is 10.7 Å². The van der Waals surface area contributed by atoms with E-state index >= 15 is 4.39 Å². The summed E-state index contributed by atoms with van der Waals surface area (Å²) in [6.07, 6.45) is 3.63. The molecule has 36 heavy (non-hydrogen) atoms. The molecule has 0 amide bonds. The third kappa shape index (κ3) is 3.52. The number of benzene rings is 2. The van der Waals surface area contributed by atoms with Gasteiger partial charge in [-0.05, 0) is 48.9 Å². The summed E-state index contributed by atoms with van der Waals surface area (Å²) in [5.41, 5.74) is 8.16. The van der Waals surface area contributed by atoms with Crippen LogP contribution in [0.25, 0.3) is 38.8 Å². The molecule has 0 aliphatic heterocycles. The highest BCUT2D eigenvalue weighted by Gasteiger charge is 2.21. The van der Waals surface area contributed by atoms with Crippen LogP contribution in [0, 0.1) is 29.8 Å². The normalized spacial score (nSPS) is 11.9. The third-order valence-corrected chi connectivity index (χ3v) is 5.86. The molecule has 0 spiro atoms. The van der Waals surface area contributed by atoms with Gasteiger partial charge in [-0.1, -0.05) is 0 Å². The zero-order valence-electron chi connectivity index (χ0n) is 19.1. The number of anilines is 1. The van der Waals surface area contributed by atoms with Gasteiger partial charge in [-0.25, -0.2) is 28.1 Å². The number of aliphatic imine (C=N–C) groups is 1. The van der Waals surface area contributed by atoms with Crippen LogP contribution in [0.5, 0.6) is 0 Å². The molecule has 2 aromatic carbocycles. The summed E-state index contributed by atoms with van der Waals surface area (Å²) in [6.45, 7) is 1.70. The van der Waals surface area contributed by atoms with E-state index < -0.39 is 17.5 Å². The number of nitrogens with zero attached hydrogens (tertiary/aromatic N) is 5. The van der Waals surface area contributed by atoms with Gasteiger partial charge in [0, 0.05) is 30.6 Å². The number of nitrogens with one attached hydrogen (secondary N) is 2. The number of rotatable bonds is 5. The number of hydrogen-bond donors (Lipinski definition) is 3.